The number of carbonyl (C=O) groups excluding carboxylic acids is 1. The molecule has 2 aromatic rings. The third-order valence-corrected chi connectivity index (χ3v) is 4.54. The lowest BCUT2D eigenvalue weighted by Crippen LogP contribution is -2.49. The predicted octanol–water partition coefficient (Wildman–Crippen LogP) is 2.83. The lowest BCUT2D eigenvalue weighted by Gasteiger charge is -2.35. The lowest BCUT2D eigenvalue weighted by atomic mass is 10.1. The first-order valence-corrected chi connectivity index (χ1v) is 9.49. The predicted molar refractivity (Wildman–Crippen MR) is 102 cm³/mol. The normalized spacial score (nSPS) is 16.1. The number of piperazine rings is 1. The number of aromatic nitrogens is 4. The zero-order valence-corrected chi connectivity index (χ0v) is 17.1. The van der Waals surface area contributed by atoms with Gasteiger partial charge in [0.1, 0.15) is 5.60 Å². The number of hydrogen-bond acceptors (Lipinski definition) is 6. The zero-order valence-electron chi connectivity index (χ0n) is 17.1. The Labute approximate surface area is 168 Å². The second kappa shape index (κ2) is 8.02. The standard InChI is InChI=1S/C19H26F2N6O2/c1-18(2,3)29-17(28)26-11-9-25(10-12-26)13-16-22-23-24-27(16)15-7-5-14(6-8-15)19(4,20)21/h5-8H,9-13H2,1-4H3. The fourth-order valence-electron chi connectivity index (χ4n) is 3.02. The van der Waals surface area contributed by atoms with Crippen molar-refractivity contribution in [2.75, 3.05) is 26.2 Å². The highest BCUT2D eigenvalue weighted by atomic mass is 19.3. The Hall–Kier alpha value is -2.62. The molecule has 0 spiro atoms. The van der Waals surface area contributed by atoms with Gasteiger partial charge in [0, 0.05) is 38.7 Å². The van der Waals surface area contributed by atoms with Gasteiger partial charge in [-0.2, -0.15) is 4.68 Å². The molecule has 0 unspecified atom stereocenters. The summed E-state index contributed by atoms with van der Waals surface area (Å²) in [4.78, 5) is 16.0. The van der Waals surface area contributed by atoms with Crippen LogP contribution in [0.25, 0.3) is 5.69 Å². The van der Waals surface area contributed by atoms with Crippen LogP contribution in [0.15, 0.2) is 24.3 Å². The van der Waals surface area contributed by atoms with Crippen molar-refractivity contribution in [3.05, 3.63) is 35.7 Å². The van der Waals surface area contributed by atoms with Gasteiger partial charge in [0.2, 0.25) is 0 Å². The van der Waals surface area contributed by atoms with Gasteiger partial charge in [0.15, 0.2) is 5.82 Å². The van der Waals surface area contributed by atoms with Gasteiger partial charge in [-0.25, -0.2) is 13.6 Å². The average molecular weight is 408 g/mol. The van der Waals surface area contributed by atoms with E-state index < -0.39 is 11.5 Å². The fourth-order valence-corrected chi connectivity index (χ4v) is 3.02. The van der Waals surface area contributed by atoms with Crippen molar-refractivity contribution < 1.29 is 18.3 Å². The molecule has 1 aliphatic heterocycles. The second-order valence-corrected chi connectivity index (χ2v) is 8.19. The molecule has 0 radical (unpaired) electrons. The molecule has 8 nitrogen and oxygen atoms in total. The van der Waals surface area contributed by atoms with Crippen molar-refractivity contribution >= 4 is 6.09 Å². The molecule has 1 amide bonds. The summed E-state index contributed by atoms with van der Waals surface area (Å²) in [5.74, 6) is -2.29. The minimum atomic E-state index is -2.89. The number of tetrazole rings is 1. The van der Waals surface area contributed by atoms with Crippen LogP contribution in [0.2, 0.25) is 0 Å². The fraction of sp³-hybridized carbons (Fsp3) is 0.579. The quantitative estimate of drug-likeness (QED) is 0.774. The van der Waals surface area contributed by atoms with E-state index in [1.54, 1.807) is 17.0 Å². The summed E-state index contributed by atoms with van der Waals surface area (Å²) in [5, 5.41) is 11.8. The van der Waals surface area contributed by atoms with Gasteiger partial charge in [0.25, 0.3) is 5.92 Å². The highest BCUT2D eigenvalue weighted by molar-refractivity contribution is 5.68. The average Bonchev–Trinajstić information content (AvgIpc) is 3.08. The molecule has 0 saturated carbocycles. The summed E-state index contributed by atoms with van der Waals surface area (Å²) >= 11 is 0. The number of nitrogens with zero attached hydrogens (tertiary/aromatic N) is 6. The van der Waals surface area contributed by atoms with Crippen molar-refractivity contribution in [2.45, 2.75) is 45.8 Å². The maximum atomic E-state index is 13.4. The largest absolute Gasteiger partial charge is 0.444 e. The molecular formula is C19H26F2N6O2. The summed E-state index contributed by atoms with van der Waals surface area (Å²) in [6.45, 7) is 9.30. The van der Waals surface area contributed by atoms with E-state index in [2.05, 4.69) is 20.4 Å². The smallest absolute Gasteiger partial charge is 0.410 e. The molecule has 1 fully saturated rings. The van der Waals surface area contributed by atoms with Crippen molar-refractivity contribution in [1.82, 2.24) is 30.0 Å². The molecule has 3 rings (SSSR count). The summed E-state index contributed by atoms with van der Waals surface area (Å²) in [7, 11) is 0. The van der Waals surface area contributed by atoms with Gasteiger partial charge in [-0.1, -0.05) is 12.1 Å². The van der Waals surface area contributed by atoms with Gasteiger partial charge >= 0.3 is 6.09 Å². The minimum absolute atomic E-state index is 0.0610. The van der Waals surface area contributed by atoms with Crippen LogP contribution in [0.3, 0.4) is 0 Å². The highest BCUT2D eigenvalue weighted by Crippen LogP contribution is 2.27. The van der Waals surface area contributed by atoms with E-state index in [0.717, 1.165) is 6.92 Å². The van der Waals surface area contributed by atoms with E-state index in [1.807, 2.05) is 20.8 Å². The van der Waals surface area contributed by atoms with Gasteiger partial charge in [-0.3, -0.25) is 4.90 Å². The summed E-state index contributed by atoms with van der Waals surface area (Å²) in [6.07, 6.45) is -0.310. The highest BCUT2D eigenvalue weighted by Gasteiger charge is 2.27. The van der Waals surface area contributed by atoms with Gasteiger partial charge in [0.05, 0.1) is 12.2 Å². The Morgan fingerprint density at radius 1 is 1.07 bits per heavy atom. The number of alkyl halides is 2. The molecule has 1 aromatic heterocycles. The molecule has 0 N–H and O–H groups in total. The molecule has 1 aromatic carbocycles. The Morgan fingerprint density at radius 3 is 2.24 bits per heavy atom. The Bertz CT molecular complexity index is 834. The molecule has 0 aliphatic carbocycles. The maximum absolute atomic E-state index is 13.4. The third-order valence-electron chi connectivity index (χ3n) is 4.54. The Kier molecular flexibility index (Phi) is 5.83. The second-order valence-electron chi connectivity index (χ2n) is 8.19. The number of benzene rings is 1. The molecule has 1 saturated heterocycles. The van der Waals surface area contributed by atoms with Crippen LogP contribution in [-0.4, -0.2) is 67.9 Å². The summed E-state index contributed by atoms with van der Waals surface area (Å²) in [6, 6.07) is 5.90. The zero-order chi connectivity index (χ0) is 21.2. The summed E-state index contributed by atoms with van der Waals surface area (Å²) < 4.78 is 33.8. The number of carbonyl (C=O) groups is 1. The van der Waals surface area contributed by atoms with Crippen LogP contribution in [0.4, 0.5) is 13.6 Å². The number of rotatable bonds is 4. The molecule has 158 valence electrons. The number of ether oxygens (including phenoxy) is 1. The van der Waals surface area contributed by atoms with Crippen LogP contribution < -0.4 is 0 Å². The van der Waals surface area contributed by atoms with E-state index in [4.69, 9.17) is 4.74 Å². The molecule has 1 aliphatic rings. The van der Waals surface area contributed by atoms with E-state index in [9.17, 15) is 13.6 Å². The van der Waals surface area contributed by atoms with Crippen molar-refractivity contribution in [1.29, 1.82) is 0 Å². The van der Waals surface area contributed by atoms with Crippen molar-refractivity contribution in [3.63, 3.8) is 0 Å². The molecule has 0 atom stereocenters. The molecule has 29 heavy (non-hydrogen) atoms. The molecular weight excluding hydrogens is 382 g/mol. The van der Waals surface area contributed by atoms with E-state index in [0.29, 0.717) is 44.2 Å². The topological polar surface area (TPSA) is 76.4 Å². The minimum Gasteiger partial charge on any atom is -0.444 e. The maximum Gasteiger partial charge on any atom is 0.410 e. The van der Waals surface area contributed by atoms with E-state index in [-0.39, 0.29) is 11.7 Å². The third kappa shape index (κ3) is 5.47. The van der Waals surface area contributed by atoms with Crippen LogP contribution in [0.1, 0.15) is 39.1 Å². The Balaban J connectivity index is 1.61. The lowest BCUT2D eigenvalue weighted by molar-refractivity contribution is 0.0135. The monoisotopic (exact) mass is 408 g/mol. The first kappa shape index (κ1) is 21.1. The number of hydrogen-bond donors (Lipinski definition) is 0. The van der Waals surface area contributed by atoms with Crippen LogP contribution in [-0.2, 0) is 17.2 Å². The van der Waals surface area contributed by atoms with E-state index in [1.165, 1.54) is 16.8 Å². The molecule has 2 heterocycles. The summed E-state index contributed by atoms with van der Waals surface area (Å²) in [5.41, 5.74) is 0.0349. The van der Waals surface area contributed by atoms with Crippen LogP contribution >= 0.6 is 0 Å². The first-order chi connectivity index (χ1) is 13.5. The number of halogens is 2. The Morgan fingerprint density at radius 2 is 1.69 bits per heavy atom. The number of amides is 1. The van der Waals surface area contributed by atoms with Crippen molar-refractivity contribution in [3.8, 4) is 5.69 Å². The van der Waals surface area contributed by atoms with Gasteiger partial charge in [-0.15, -0.1) is 5.10 Å². The van der Waals surface area contributed by atoms with Gasteiger partial charge < -0.3 is 9.64 Å². The van der Waals surface area contributed by atoms with Crippen LogP contribution in [0, 0.1) is 0 Å². The molecule has 0 bridgehead atoms. The first-order valence-electron chi connectivity index (χ1n) is 9.49. The van der Waals surface area contributed by atoms with Crippen LogP contribution in [0.5, 0.6) is 0 Å². The molecule has 10 heteroatoms. The van der Waals surface area contributed by atoms with Crippen molar-refractivity contribution in [2.24, 2.45) is 0 Å². The van der Waals surface area contributed by atoms with Gasteiger partial charge in [-0.05, 0) is 43.3 Å². The SMILES string of the molecule is CC(C)(C)OC(=O)N1CCN(Cc2nnnn2-c2ccc(C(C)(F)F)cc2)CC1. The van der Waals surface area contributed by atoms with E-state index >= 15 is 0 Å².